The molecule has 2 aliphatic heterocycles. The molecule has 2 N–H and O–H groups in total. The molecule has 0 saturated carbocycles. The average molecular weight is 463 g/mol. The topological polar surface area (TPSA) is 60.6 Å². The lowest BCUT2D eigenvalue weighted by Crippen LogP contribution is -2.63. The first-order valence-electron chi connectivity index (χ1n) is 10.4. The van der Waals surface area contributed by atoms with E-state index in [1.54, 1.807) is 18.2 Å². The molecule has 3 heterocycles. The average Bonchev–Trinajstić information content (AvgIpc) is 3.08. The summed E-state index contributed by atoms with van der Waals surface area (Å²) in [5.41, 5.74) is 1.79. The summed E-state index contributed by atoms with van der Waals surface area (Å²) >= 11 is 12.2. The fourth-order valence-corrected chi connectivity index (χ4v) is 5.21. The number of amides is 1. The maximum atomic E-state index is 12.9. The number of likely N-dealkylation sites (tertiary alicyclic amines) is 2. The number of carbonyl (C=O) groups excluding carboxylic acids is 1. The van der Waals surface area contributed by atoms with Crippen molar-refractivity contribution in [3.63, 3.8) is 0 Å². The minimum Gasteiger partial charge on any atom is -0.491 e. The molecule has 2 aromatic rings. The van der Waals surface area contributed by atoms with Crippen molar-refractivity contribution in [1.82, 2.24) is 20.1 Å². The predicted molar refractivity (Wildman–Crippen MR) is 126 cm³/mol. The van der Waals surface area contributed by atoms with Crippen LogP contribution in [0.4, 0.5) is 0 Å². The van der Waals surface area contributed by atoms with Crippen LogP contribution in [0, 0.1) is 11.8 Å². The lowest BCUT2D eigenvalue weighted by Gasteiger charge is -2.49. The minimum atomic E-state index is -0.170. The molecule has 0 unspecified atom stereocenters. The van der Waals surface area contributed by atoms with Crippen LogP contribution in [0.5, 0.6) is 0 Å². The SMILES string of the molecule is CO/C(=C\C=C\c1cc2cc(Cl)c(Cl)cc2[nH]1)C(=O)NC1C2CN(C)CC1CN(C)C2. The van der Waals surface area contributed by atoms with E-state index in [2.05, 4.69) is 34.2 Å². The normalized spacial score (nSPS) is 25.3. The van der Waals surface area contributed by atoms with Gasteiger partial charge in [-0.3, -0.25) is 4.79 Å². The van der Waals surface area contributed by atoms with Crippen molar-refractivity contribution in [2.24, 2.45) is 11.8 Å². The number of benzene rings is 1. The molecule has 2 saturated heterocycles. The Morgan fingerprint density at radius 2 is 1.71 bits per heavy atom. The molecule has 0 spiro atoms. The Labute approximate surface area is 192 Å². The van der Waals surface area contributed by atoms with Crippen LogP contribution in [0.15, 0.2) is 36.1 Å². The van der Waals surface area contributed by atoms with Crippen LogP contribution in [0.1, 0.15) is 5.69 Å². The van der Waals surface area contributed by atoms with E-state index in [4.69, 9.17) is 27.9 Å². The Hall–Kier alpha value is -1.99. The second kappa shape index (κ2) is 9.25. The van der Waals surface area contributed by atoms with Crippen molar-refractivity contribution >= 4 is 46.1 Å². The highest BCUT2D eigenvalue weighted by atomic mass is 35.5. The molecule has 166 valence electrons. The number of ether oxygens (including phenoxy) is 1. The lowest BCUT2D eigenvalue weighted by molar-refractivity contribution is -0.123. The van der Waals surface area contributed by atoms with Gasteiger partial charge in [0.05, 0.1) is 17.2 Å². The summed E-state index contributed by atoms with van der Waals surface area (Å²) in [4.78, 5) is 20.9. The van der Waals surface area contributed by atoms with Crippen molar-refractivity contribution in [3.8, 4) is 0 Å². The zero-order chi connectivity index (χ0) is 22.1. The molecule has 6 nitrogen and oxygen atoms in total. The molecule has 1 aromatic heterocycles. The molecule has 0 aliphatic carbocycles. The summed E-state index contributed by atoms with van der Waals surface area (Å²) in [6.45, 7) is 3.97. The van der Waals surface area contributed by atoms with Crippen molar-refractivity contribution in [2.45, 2.75) is 6.04 Å². The Morgan fingerprint density at radius 1 is 1.10 bits per heavy atom. The van der Waals surface area contributed by atoms with Crippen LogP contribution in [0.3, 0.4) is 0 Å². The number of allylic oxidation sites excluding steroid dienone is 2. The number of rotatable bonds is 5. The van der Waals surface area contributed by atoms with Gasteiger partial charge in [-0.25, -0.2) is 0 Å². The summed E-state index contributed by atoms with van der Waals surface area (Å²) in [5.74, 6) is 0.968. The second-order valence-corrected chi connectivity index (χ2v) is 9.45. The van der Waals surface area contributed by atoms with Crippen molar-refractivity contribution in [2.75, 3.05) is 47.4 Å². The number of carbonyl (C=O) groups is 1. The first-order chi connectivity index (χ1) is 14.8. The molecule has 8 heteroatoms. The molecule has 31 heavy (non-hydrogen) atoms. The Kier molecular flexibility index (Phi) is 6.63. The summed E-state index contributed by atoms with van der Waals surface area (Å²) < 4.78 is 5.38. The predicted octanol–water partition coefficient (Wildman–Crippen LogP) is 3.63. The van der Waals surface area contributed by atoms with Gasteiger partial charge >= 0.3 is 0 Å². The maximum absolute atomic E-state index is 12.9. The van der Waals surface area contributed by atoms with Crippen LogP contribution in [0.2, 0.25) is 10.0 Å². The number of aromatic nitrogens is 1. The van der Waals surface area contributed by atoms with Gasteiger partial charge in [0.15, 0.2) is 5.76 Å². The van der Waals surface area contributed by atoms with E-state index < -0.39 is 0 Å². The number of halogens is 2. The molecular weight excluding hydrogens is 435 g/mol. The molecular formula is C23H28Cl2N4O2. The third-order valence-electron chi connectivity index (χ3n) is 6.15. The highest BCUT2D eigenvalue weighted by Crippen LogP contribution is 2.29. The summed E-state index contributed by atoms with van der Waals surface area (Å²) in [5, 5.41) is 5.24. The molecule has 0 radical (unpaired) electrons. The number of piperidine rings is 2. The van der Waals surface area contributed by atoms with Gasteiger partial charge < -0.3 is 24.8 Å². The number of nitrogens with one attached hydrogen (secondary N) is 2. The van der Waals surface area contributed by atoms with Crippen LogP contribution in [-0.4, -0.2) is 74.1 Å². The Balaban J connectivity index is 1.45. The number of aromatic amines is 1. The third-order valence-corrected chi connectivity index (χ3v) is 6.87. The molecule has 0 atom stereocenters. The molecule has 1 amide bonds. The van der Waals surface area contributed by atoms with Crippen LogP contribution >= 0.6 is 23.2 Å². The van der Waals surface area contributed by atoms with E-state index in [1.807, 2.05) is 18.2 Å². The fraction of sp³-hybridized carbons (Fsp3) is 0.435. The van der Waals surface area contributed by atoms with Gasteiger partial charge in [0.1, 0.15) is 0 Å². The van der Waals surface area contributed by atoms with Gasteiger partial charge in [-0.15, -0.1) is 0 Å². The van der Waals surface area contributed by atoms with Crippen molar-refractivity contribution < 1.29 is 9.53 Å². The second-order valence-electron chi connectivity index (χ2n) is 8.63. The quantitative estimate of drug-likeness (QED) is 0.404. The van der Waals surface area contributed by atoms with Crippen LogP contribution < -0.4 is 5.32 Å². The van der Waals surface area contributed by atoms with E-state index in [0.717, 1.165) is 42.8 Å². The van der Waals surface area contributed by atoms with Crippen molar-refractivity contribution in [3.05, 3.63) is 51.8 Å². The van der Waals surface area contributed by atoms with Gasteiger partial charge in [0, 0.05) is 60.7 Å². The number of hydrogen-bond donors (Lipinski definition) is 2. The van der Waals surface area contributed by atoms with Gasteiger partial charge in [0.2, 0.25) is 0 Å². The minimum absolute atomic E-state index is 0.170. The number of H-pyrrole nitrogens is 1. The van der Waals surface area contributed by atoms with Gasteiger partial charge in [-0.2, -0.15) is 0 Å². The number of fused-ring (bicyclic) bond motifs is 3. The zero-order valence-electron chi connectivity index (χ0n) is 18.0. The molecule has 4 rings (SSSR count). The molecule has 2 aliphatic rings. The summed E-state index contributed by atoms with van der Waals surface area (Å²) in [6.07, 6.45) is 5.38. The molecule has 2 bridgehead atoms. The van der Waals surface area contributed by atoms with Gasteiger partial charge in [0.25, 0.3) is 5.91 Å². The largest absolute Gasteiger partial charge is 0.491 e. The Bertz CT molecular complexity index is 963. The lowest BCUT2D eigenvalue weighted by atomic mass is 9.79. The first-order valence-corrected chi connectivity index (χ1v) is 11.2. The van der Waals surface area contributed by atoms with Crippen LogP contribution in [-0.2, 0) is 9.53 Å². The third kappa shape index (κ3) is 4.93. The van der Waals surface area contributed by atoms with E-state index >= 15 is 0 Å². The van der Waals surface area contributed by atoms with E-state index in [9.17, 15) is 4.79 Å². The number of methoxy groups -OCH3 is 1. The maximum Gasteiger partial charge on any atom is 0.286 e. The first kappa shape index (κ1) is 22.2. The number of hydrogen-bond acceptors (Lipinski definition) is 4. The fourth-order valence-electron chi connectivity index (χ4n) is 4.88. The van der Waals surface area contributed by atoms with Gasteiger partial charge in [-0.05, 0) is 44.4 Å². The monoisotopic (exact) mass is 462 g/mol. The van der Waals surface area contributed by atoms with Gasteiger partial charge in [-0.1, -0.05) is 29.3 Å². The summed E-state index contributed by atoms with van der Waals surface area (Å²) in [6, 6.07) is 5.78. The van der Waals surface area contributed by atoms with Crippen LogP contribution in [0.25, 0.3) is 17.0 Å². The standard InChI is InChI=1S/C23H28Cl2N4O2/c1-28-10-15-12-29(2)13-16(11-28)22(15)27-23(30)21(31-3)6-4-5-17-7-14-8-18(24)19(25)9-20(14)26-17/h4-9,15-16,22,26H,10-13H2,1-3H3,(H,27,30)/b5-4+,21-6-. The van der Waals surface area contributed by atoms with E-state index in [-0.39, 0.29) is 11.9 Å². The Morgan fingerprint density at radius 3 is 2.32 bits per heavy atom. The molecule has 2 fully saturated rings. The highest BCUT2D eigenvalue weighted by Gasteiger charge is 2.41. The highest BCUT2D eigenvalue weighted by molar-refractivity contribution is 6.42. The number of nitrogens with zero attached hydrogens (tertiary/aromatic N) is 2. The smallest absolute Gasteiger partial charge is 0.286 e. The summed E-state index contributed by atoms with van der Waals surface area (Å²) in [7, 11) is 5.83. The molecule has 1 aromatic carbocycles. The van der Waals surface area contributed by atoms with Crippen molar-refractivity contribution in [1.29, 1.82) is 0 Å². The van der Waals surface area contributed by atoms with E-state index in [0.29, 0.717) is 27.6 Å². The van der Waals surface area contributed by atoms with E-state index in [1.165, 1.54) is 7.11 Å². The zero-order valence-corrected chi connectivity index (χ0v) is 19.5.